The highest BCUT2D eigenvalue weighted by Gasteiger charge is 2.20. The van der Waals surface area contributed by atoms with Crippen molar-refractivity contribution in [1.82, 2.24) is 4.98 Å². The molecule has 0 aliphatic heterocycles. The summed E-state index contributed by atoms with van der Waals surface area (Å²) in [5, 5.41) is -0.508. The number of fused-ring (bicyclic) bond motifs is 1. The van der Waals surface area contributed by atoms with Gasteiger partial charge in [0.1, 0.15) is 0 Å². The molecule has 0 spiro atoms. The number of pyridine rings is 1. The van der Waals surface area contributed by atoms with E-state index in [1.807, 2.05) is 4.98 Å². The fraction of sp³-hybridized carbons (Fsp3) is 0. The third-order valence-electron chi connectivity index (χ3n) is 1.95. The summed E-state index contributed by atoms with van der Waals surface area (Å²) >= 11 is 0. The molecule has 2 nitrogen and oxygen atoms in total. The molecule has 0 amide bonds. The van der Waals surface area contributed by atoms with Gasteiger partial charge in [-0.25, -0.2) is 17.6 Å². The van der Waals surface area contributed by atoms with Crippen molar-refractivity contribution in [3.63, 3.8) is 0 Å². The molecule has 1 N–H and O–H groups in total. The van der Waals surface area contributed by atoms with E-state index in [0.717, 1.165) is 12.1 Å². The highest BCUT2D eigenvalue weighted by atomic mass is 19.2. The Labute approximate surface area is 80.2 Å². The average molecular weight is 217 g/mol. The number of hydrogen-bond acceptors (Lipinski definition) is 1. The van der Waals surface area contributed by atoms with E-state index in [0.29, 0.717) is 0 Å². The SMILES string of the molecule is O=c1ccc2c(F)c(F)c(F)c(F)c2[nH]1. The molecule has 0 unspecified atom stereocenters. The van der Waals surface area contributed by atoms with Crippen molar-refractivity contribution in [3.8, 4) is 0 Å². The molecular formula is C9H3F4NO. The molecule has 78 valence electrons. The molecular weight excluding hydrogens is 214 g/mol. The van der Waals surface area contributed by atoms with Crippen LogP contribution in [0.1, 0.15) is 0 Å². The van der Waals surface area contributed by atoms with Gasteiger partial charge in [-0.1, -0.05) is 0 Å². The minimum absolute atomic E-state index is 0.508. The van der Waals surface area contributed by atoms with Crippen LogP contribution in [-0.2, 0) is 0 Å². The van der Waals surface area contributed by atoms with Gasteiger partial charge in [-0.2, -0.15) is 0 Å². The molecule has 0 saturated carbocycles. The van der Waals surface area contributed by atoms with Crippen molar-refractivity contribution in [3.05, 3.63) is 45.8 Å². The second kappa shape index (κ2) is 3.08. The van der Waals surface area contributed by atoms with Crippen LogP contribution in [0.15, 0.2) is 16.9 Å². The quantitative estimate of drug-likeness (QED) is 0.409. The number of benzene rings is 1. The predicted molar refractivity (Wildman–Crippen MR) is 44.4 cm³/mol. The minimum atomic E-state index is -1.94. The van der Waals surface area contributed by atoms with E-state index in [9.17, 15) is 22.4 Å². The summed E-state index contributed by atoms with van der Waals surface area (Å²) in [7, 11) is 0. The molecule has 0 atom stereocenters. The fourth-order valence-corrected chi connectivity index (χ4v) is 1.25. The first kappa shape index (κ1) is 9.70. The summed E-state index contributed by atoms with van der Waals surface area (Å²) in [6.45, 7) is 0. The van der Waals surface area contributed by atoms with E-state index in [-0.39, 0.29) is 0 Å². The standard InChI is InChI=1S/C9H3F4NO/c10-5-3-1-2-4(15)14-9(3)8(13)7(12)6(5)11/h1-2H,(H,14,15). The van der Waals surface area contributed by atoms with Crippen molar-refractivity contribution in [1.29, 1.82) is 0 Å². The number of aromatic amines is 1. The van der Waals surface area contributed by atoms with Crippen LogP contribution >= 0.6 is 0 Å². The Morgan fingerprint density at radius 1 is 0.867 bits per heavy atom. The molecule has 15 heavy (non-hydrogen) atoms. The van der Waals surface area contributed by atoms with Gasteiger partial charge in [0.05, 0.1) is 5.52 Å². The lowest BCUT2D eigenvalue weighted by molar-refractivity contribution is 0.417. The molecule has 0 saturated heterocycles. The first-order valence-electron chi connectivity index (χ1n) is 3.87. The number of hydrogen-bond donors (Lipinski definition) is 1. The summed E-state index contributed by atoms with van der Waals surface area (Å²) in [4.78, 5) is 12.7. The Morgan fingerprint density at radius 2 is 1.47 bits per heavy atom. The largest absolute Gasteiger partial charge is 0.319 e. The number of halogens is 4. The number of nitrogens with one attached hydrogen (secondary N) is 1. The Balaban J connectivity index is 3.07. The highest BCUT2D eigenvalue weighted by molar-refractivity contribution is 5.79. The van der Waals surface area contributed by atoms with E-state index >= 15 is 0 Å². The average Bonchev–Trinajstić information content (AvgIpc) is 2.23. The van der Waals surface area contributed by atoms with Crippen LogP contribution in [0.5, 0.6) is 0 Å². The van der Waals surface area contributed by atoms with Gasteiger partial charge in [-0.05, 0) is 6.07 Å². The summed E-state index contributed by atoms with van der Waals surface area (Å²) in [5.74, 6) is -6.98. The van der Waals surface area contributed by atoms with Crippen LogP contribution in [0.25, 0.3) is 10.9 Å². The zero-order valence-electron chi connectivity index (χ0n) is 7.07. The Bertz CT molecular complexity index is 605. The molecule has 1 aromatic heterocycles. The van der Waals surface area contributed by atoms with Crippen LogP contribution in [0, 0.1) is 23.3 Å². The van der Waals surface area contributed by atoms with E-state index in [1.54, 1.807) is 0 Å². The molecule has 0 fully saturated rings. The summed E-state index contributed by atoms with van der Waals surface area (Å²) in [5.41, 5.74) is -1.41. The maximum atomic E-state index is 13.1. The van der Waals surface area contributed by atoms with Crippen molar-refractivity contribution in [2.75, 3.05) is 0 Å². The molecule has 0 aliphatic carbocycles. The molecule has 0 bridgehead atoms. The lowest BCUT2D eigenvalue weighted by atomic mass is 10.2. The van der Waals surface area contributed by atoms with Crippen molar-refractivity contribution in [2.24, 2.45) is 0 Å². The van der Waals surface area contributed by atoms with Gasteiger partial charge in [-0.15, -0.1) is 0 Å². The third kappa shape index (κ3) is 1.29. The molecule has 0 radical (unpaired) electrons. The second-order valence-electron chi connectivity index (χ2n) is 2.87. The van der Waals surface area contributed by atoms with Crippen molar-refractivity contribution in [2.45, 2.75) is 0 Å². The van der Waals surface area contributed by atoms with Gasteiger partial charge in [-0.3, -0.25) is 4.79 Å². The smallest absolute Gasteiger partial charge is 0.248 e. The lowest BCUT2D eigenvalue weighted by Gasteiger charge is -2.03. The Hall–Kier alpha value is -1.85. The summed E-state index contributed by atoms with van der Waals surface area (Å²) < 4.78 is 51.6. The molecule has 1 heterocycles. The van der Waals surface area contributed by atoms with Gasteiger partial charge >= 0.3 is 0 Å². The molecule has 2 aromatic rings. The van der Waals surface area contributed by atoms with E-state index in [1.165, 1.54) is 0 Å². The summed E-state index contributed by atoms with van der Waals surface area (Å²) in [6.07, 6.45) is 0. The fourth-order valence-electron chi connectivity index (χ4n) is 1.25. The number of aromatic nitrogens is 1. The normalized spacial score (nSPS) is 10.9. The topological polar surface area (TPSA) is 32.9 Å². The monoisotopic (exact) mass is 217 g/mol. The van der Waals surface area contributed by atoms with Crippen molar-refractivity contribution >= 4 is 10.9 Å². The minimum Gasteiger partial charge on any atom is -0.319 e. The first-order chi connectivity index (χ1) is 7.02. The third-order valence-corrected chi connectivity index (χ3v) is 1.95. The number of H-pyrrole nitrogens is 1. The summed E-state index contributed by atoms with van der Waals surface area (Å²) in [6, 6.07) is 1.78. The molecule has 1 aromatic carbocycles. The molecule has 0 aliphatic rings. The highest BCUT2D eigenvalue weighted by Crippen LogP contribution is 2.23. The van der Waals surface area contributed by atoms with Gasteiger partial charge in [0, 0.05) is 11.5 Å². The van der Waals surface area contributed by atoms with Crippen LogP contribution < -0.4 is 5.56 Å². The molecule has 2 rings (SSSR count). The van der Waals surface area contributed by atoms with Crippen LogP contribution in [0.4, 0.5) is 17.6 Å². The van der Waals surface area contributed by atoms with Crippen molar-refractivity contribution < 1.29 is 17.6 Å². The van der Waals surface area contributed by atoms with Crippen LogP contribution in [-0.4, -0.2) is 4.98 Å². The Kier molecular flexibility index (Phi) is 1.99. The van der Waals surface area contributed by atoms with Crippen LogP contribution in [0.3, 0.4) is 0 Å². The Morgan fingerprint density at radius 3 is 2.13 bits per heavy atom. The lowest BCUT2D eigenvalue weighted by Crippen LogP contribution is -2.07. The van der Waals surface area contributed by atoms with Crippen LogP contribution in [0.2, 0.25) is 0 Å². The molecule has 6 heteroatoms. The zero-order chi connectivity index (χ0) is 11.2. The van der Waals surface area contributed by atoms with Gasteiger partial charge in [0.2, 0.25) is 5.56 Å². The second-order valence-corrected chi connectivity index (χ2v) is 2.87. The van der Waals surface area contributed by atoms with Gasteiger partial charge in [0.15, 0.2) is 23.3 Å². The maximum Gasteiger partial charge on any atom is 0.248 e. The van der Waals surface area contributed by atoms with E-state index in [4.69, 9.17) is 0 Å². The maximum absolute atomic E-state index is 13.1. The zero-order valence-corrected chi connectivity index (χ0v) is 7.07. The van der Waals surface area contributed by atoms with E-state index < -0.39 is 39.7 Å². The number of rotatable bonds is 0. The van der Waals surface area contributed by atoms with E-state index in [2.05, 4.69) is 0 Å². The predicted octanol–water partition coefficient (Wildman–Crippen LogP) is 2.08. The van der Waals surface area contributed by atoms with Gasteiger partial charge in [0.25, 0.3) is 0 Å². The first-order valence-corrected chi connectivity index (χ1v) is 3.87. The van der Waals surface area contributed by atoms with Gasteiger partial charge < -0.3 is 4.98 Å².